The lowest BCUT2D eigenvalue weighted by Gasteiger charge is -2.23. The quantitative estimate of drug-likeness (QED) is 0.543. The Morgan fingerprint density at radius 3 is 2.60 bits per heavy atom. The Labute approximate surface area is 176 Å². The summed E-state index contributed by atoms with van der Waals surface area (Å²) in [6.45, 7) is 4.30. The predicted molar refractivity (Wildman–Crippen MR) is 113 cm³/mol. The van der Waals surface area contributed by atoms with Gasteiger partial charge in [0.15, 0.2) is 11.5 Å². The molecule has 0 aliphatic carbocycles. The highest BCUT2D eigenvalue weighted by molar-refractivity contribution is 5.60. The number of likely N-dealkylation sites (tertiary alicyclic amines) is 1. The fraction of sp³-hybridized carbons (Fsp3) is 0.391. The van der Waals surface area contributed by atoms with Gasteiger partial charge in [-0.1, -0.05) is 17.3 Å². The maximum atomic E-state index is 5.56. The zero-order chi connectivity index (χ0) is 20.9. The molecule has 0 amide bonds. The predicted octanol–water partition coefficient (Wildman–Crippen LogP) is 4.49. The molecule has 1 aliphatic rings. The lowest BCUT2D eigenvalue weighted by Crippen LogP contribution is -2.22. The fourth-order valence-electron chi connectivity index (χ4n) is 3.93. The van der Waals surface area contributed by atoms with E-state index in [1.165, 1.54) is 5.56 Å². The van der Waals surface area contributed by atoms with Crippen LogP contribution >= 0.6 is 0 Å². The third kappa shape index (κ3) is 4.26. The van der Waals surface area contributed by atoms with Crippen molar-refractivity contribution >= 4 is 0 Å². The number of hydrogen-bond donors (Lipinski definition) is 0. The van der Waals surface area contributed by atoms with Crippen molar-refractivity contribution in [2.24, 2.45) is 0 Å². The molecule has 1 fully saturated rings. The number of ether oxygens (including phenoxy) is 3. The summed E-state index contributed by atoms with van der Waals surface area (Å²) in [5, 5.41) is 4.16. The Balaban J connectivity index is 1.47. The molecule has 7 nitrogen and oxygen atoms in total. The highest BCUT2D eigenvalue weighted by Crippen LogP contribution is 2.34. The molecule has 3 aromatic rings. The van der Waals surface area contributed by atoms with Crippen LogP contribution in [0.15, 0.2) is 47.0 Å². The number of aromatic nitrogens is 2. The highest BCUT2D eigenvalue weighted by atomic mass is 16.5. The van der Waals surface area contributed by atoms with Crippen LogP contribution < -0.4 is 14.2 Å². The second kappa shape index (κ2) is 9.17. The van der Waals surface area contributed by atoms with E-state index in [1.54, 1.807) is 14.2 Å². The molecule has 1 aromatic heterocycles. The average Bonchev–Trinajstić information content (AvgIpc) is 3.44. The summed E-state index contributed by atoms with van der Waals surface area (Å²) < 4.78 is 21.8. The molecule has 158 valence electrons. The summed E-state index contributed by atoms with van der Waals surface area (Å²) in [6, 6.07) is 14.3. The Morgan fingerprint density at radius 2 is 1.87 bits per heavy atom. The molecule has 0 saturated carbocycles. The van der Waals surface area contributed by atoms with Crippen LogP contribution in [0.4, 0.5) is 0 Å². The summed E-state index contributed by atoms with van der Waals surface area (Å²) in [7, 11) is 3.22. The number of rotatable bonds is 8. The summed E-state index contributed by atoms with van der Waals surface area (Å²) >= 11 is 0. The van der Waals surface area contributed by atoms with Gasteiger partial charge in [0.2, 0.25) is 11.7 Å². The zero-order valence-corrected chi connectivity index (χ0v) is 17.6. The molecule has 0 N–H and O–H groups in total. The van der Waals surface area contributed by atoms with Crippen molar-refractivity contribution in [3.63, 3.8) is 0 Å². The second-order valence-electron chi connectivity index (χ2n) is 7.21. The lowest BCUT2D eigenvalue weighted by molar-refractivity contribution is 0.212. The largest absolute Gasteiger partial charge is 0.494 e. The van der Waals surface area contributed by atoms with Gasteiger partial charge in [0.05, 0.1) is 27.4 Å². The molecule has 1 atom stereocenters. The van der Waals surface area contributed by atoms with Gasteiger partial charge in [-0.3, -0.25) is 4.90 Å². The van der Waals surface area contributed by atoms with E-state index in [1.807, 2.05) is 37.3 Å². The van der Waals surface area contributed by atoms with Gasteiger partial charge in [-0.2, -0.15) is 4.98 Å². The molecule has 0 radical (unpaired) electrons. The van der Waals surface area contributed by atoms with Gasteiger partial charge < -0.3 is 18.7 Å². The molecule has 4 rings (SSSR count). The Bertz CT molecular complexity index is 971. The average molecular weight is 409 g/mol. The van der Waals surface area contributed by atoms with Crippen LogP contribution in [0.25, 0.3) is 11.4 Å². The van der Waals surface area contributed by atoms with Crippen LogP contribution in [0, 0.1) is 0 Å². The number of nitrogens with zero attached hydrogens (tertiary/aromatic N) is 3. The second-order valence-corrected chi connectivity index (χ2v) is 7.21. The van der Waals surface area contributed by atoms with Crippen LogP contribution in [0.5, 0.6) is 17.2 Å². The van der Waals surface area contributed by atoms with Gasteiger partial charge in [0, 0.05) is 11.6 Å². The molecule has 1 aliphatic heterocycles. The summed E-state index contributed by atoms with van der Waals surface area (Å²) in [6.07, 6.45) is 2.26. The SMILES string of the molecule is CCOc1ccc(C2CCCN2Cc2nc(-c3ccc(OC)c(OC)c3)no2)cc1. The van der Waals surface area contributed by atoms with Gasteiger partial charge in [-0.25, -0.2) is 0 Å². The normalized spacial score (nSPS) is 16.6. The molecule has 1 unspecified atom stereocenters. The lowest BCUT2D eigenvalue weighted by atomic mass is 10.0. The topological polar surface area (TPSA) is 69.9 Å². The van der Waals surface area contributed by atoms with E-state index >= 15 is 0 Å². The van der Waals surface area contributed by atoms with Crippen LogP contribution in [0.1, 0.15) is 37.3 Å². The molecule has 30 heavy (non-hydrogen) atoms. The highest BCUT2D eigenvalue weighted by Gasteiger charge is 2.27. The van der Waals surface area contributed by atoms with Gasteiger partial charge in [-0.15, -0.1) is 0 Å². The van der Waals surface area contributed by atoms with E-state index < -0.39 is 0 Å². The molecule has 7 heteroatoms. The van der Waals surface area contributed by atoms with Crippen LogP contribution in [-0.4, -0.2) is 42.4 Å². The first-order valence-electron chi connectivity index (χ1n) is 10.2. The zero-order valence-electron chi connectivity index (χ0n) is 17.6. The van der Waals surface area contributed by atoms with E-state index in [4.69, 9.17) is 18.7 Å². The third-order valence-electron chi connectivity index (χ3n) is 5.39. The first-order valence-corrected chi connectivity index (χ1v) is 10.2. The van der Waals surface area contributed by atoms with Gasteiger partial charge in [0.25, 0.3) is 0 Å². The van der Waals surface area contributed by atoms with Crippen LogP contribution in [0.2, 0.25) is 0 Å². The smallest absolute Gasteiger partial charge is 0.241 e. The fourth-order valence-corrected chi connectivity index (χ4v) is 3.93. The minimum Gasteiger partial charge on any atom is -0.494 e. The van der Waals surface area contributed by atoms with Crippen LogP contribution in [0.3, 0.4) is 0 Å². The molecular formula is C23H27N3O4. The van der Waals surface area contributed by atoms with E-state index in [0.717, 1.165) is 30.7 Å². The number of methoxy groups -OCH3 is 2. The first-order chi connectivity index (χ1) is 14.7. The Hall–Kier alpha value is -3.06. The molecule has 1 saturated heterocycles. The van der Waals surface area contributed by atoms with Crippen molar-refractivity contribution in [1.82, 2.24) is 15.0 Å². The Morgan fingerprint density at radius 1 is 1.07 bits per heavy atom. The monoisotopic (exact) mass is 409 g/mol. The summed E-state index contributed by atoms with van der Waals surface area (Å²) in [4.78, 5) is 7.00. The van der Waals surface area contributed by atoms with Crippen molar-refractivity contribution in [2.75, 3.05) is 27.4 Å². The van der Waals surface area contributed by atoms with Crippen molar-refractivity contribution in [3.8, 4) is 28.6 Å². The summed E-state index contributed by atoms with van der Waals surface area (Å²) in [5.74, 6) is 3.36. The van der Waals surface area contributed by atoms with Crippen molar-refractivity contribution < 1.29 is 18.7 Å². The van der Waals surface area contributed by atoms with Gasteiger partial charge >= 0.3 is 0 Å². The van der Waals surface area contributed by atoms with E-state index in [0.29, 0.717) is 42.4 Å². The van der Waals surface area contributed by atoms with Crippen molar-refractivity contribution in [2.45, 2.75) is 32.4 Å². The minimum absolute atomic E-state index is 0.345. The third-order valence-corrected chi connectivity index (χ3v) is 5.39. The molecule has 0 spiro atoms. The number of benzene rings is 2. The van der Waals surface area contributed by atoms with Gasteiger partial charge in [0.1, 0.15) is 5.75 Å². The van der Waals surface area contributed by atoms with E-state index in [2.05, 4.69) is 27.2 Å². The van der Waals surface area contributed by atoms with Crippen LogP contribution in [-0.2, 0) is 6.54 Å². The molecule has 2 heterocycles. The maximum Gasteiger partial charge on any atom is 0.241 e. The van der Waals surface area contributed by atoms with Gasteiger partial charge in [-0.05, 0) is 62.2 Å². The summed E-state index contributed by atoms with van der Waals surface area (Å²) in [5.41, 5.74) is 2.11. The first kappa shape index (κ1) is 20.2. The van der Waals surface area contributed by atoms with E-state index in [9.17, 15) is 0 Å². The minimum atomic E-state index is 0.345. The molecular weight excluding hydrogens is 382 g/mol. The maximum absolute atomic E-state index is 5.56. The van der Waals surface area contributed by atoms with Crippen molar-refractivity contribution in [1.29, 1.82) is 0 Å². The molecule has 0 bridgehead atoms. The number of hydrogen-bond acceptors (Lipinski definition) is 7. The van der Waals surface area contributed by atoms with E-state index in [-0.39, 0.29) is 0 Å². The molecule has 2 aromatic carbocycles. The van der Waals surface area contributed by atoms with Crippen molar-refractivity contribution in [3.05, 3.63) is 53.9 Å². The Kier molecular flexibility index (Phi) is 6.18. The standard InChI is InChI=1S/C23H27N3O4/c1-4-29-18-10-7-16(8-11-18)19-6-5-13-26(19)15-22-24-23(25-30-22)17-9-12-20(27-2)21(14-17)28-3/h7-12,14,19H,4-6,13,15H2,1-3H3.